The molecule has 5 heteroatoms. The lowest BCUT2D eigenvalue weighted by atomic mass is 9.80. The minimum Gasteiger partial charge on any atom is -0.458 e. The Morgan fingerprint density at radius 1 is 0.614 bits per heavy atom. The van der Waals surface area contributed by atoms with Crippen LogP contribution in [0.2, 0.25) is 0 Å². The average Bonchev–Trinajstić information content (AvgIpc) is 1.49. The molecule has 1 aliphatic rings. The van der Waals surface area contributed by atoms with Gasteiger partial charge in [-0.1, -0.05) is 175 Å². The number of para-hydroxylation sites is 3. The first-order valence-electron chi connectivity index (χ1n) is 33.7. The van der Waals surface area contributed by atoms with Crippen molar-refractivity contribution in [2.24, 2.45) is 0 Å². The molecule has 3 heterocycles. The molecule has 0 radical (unpaired) electrons. The SMILES string of the molecule is [2H]c1c([2H])c([2H])c(-c2cc(-c3cccc4c3C(C([2H])([2H])[2H])(C([2H])([2H])[2H])CC4(C([2H])([2H])[2H])C([2H])([2H])[2H])cc(-c3c([2H])c([2H])c([2H])c([2H])c3[2H])c2-[n+]2[c-]n(-c3cccc(Oc4ccc5c6ccccc6n(-c6cc(C(C)(C)C)ccn6)c5c4)c3)c3ccccc32)c([2H])c1[2H]. The molecule has 8 aromatic carbocycles. The van der Waals surface area contributed by atoms with E-state index in [1.54, 1.807) is 59.3 Å². The summed E-state index contributed by atoms with van der Waals surface area (Å²) in [5, 5.41) is 1.96. The summed E-state index contributed by atoms with van der Waals surface area (Å²) < 4.78 is 211. The van der Waals surface area contributed by atoms with Crippen LogP contribution in [0, 0.1) is 6.33 Å². The van der Waals surface area contributed by atoms with Crippen molar-refractivity contribution in [2.45, 2.75) is 70.8 Å². The smallest absolute Gasteiger partial charge is 0.269 e. The van der Waals surface area contributed by atoms with Crippen LogP contribution < -0.4 is 9.30 Å². The number of aromatic nitrogens is 4. The molecule has 0 spiro atoms. The lowest BCUT2D eigenvalue weighted by molar-refractivity contribution is -0.571. The Bertz CT molecular complexity index is 4720. The Labute approximate surface area is 441 Å². The van der Waals surface area contributed by atoms with Crippen molar-refractivity contribution < 1.29 is 39.5 Å². The number of hydrogen-bond acceptors (Lipinski definition) is 2. The van der Waals surface area contributed by atoms with E-state index >= 15 is 0 Å². The summed E-state index contributed by atoms with van der Waals surface area (Å²) in [6, 6.07) is 29.5. The van der Waals surface area contributed by atoms with Crippen LogP contribution in [0.4, 0.5) is 0 Å². The van der Waals surface area contributed by atoms with Crippen LogP contribution in [0.5, 0.6) is 11.5 Å². The van der Waals surface area contributed by atoms with E-state index < -0.39 is 127 Å². The van der Waals surface area contributed by atoms with Crippen molar-refractivity contribution in [3.63, 3.8) is 0 Å². The van der Waals surface area contributed by atoms with Crippen LogP contribution in [0.25, 0.3) is 83.4 Å². The third kappa shape index (κ3) is 7.31. The molecular formula is C65H56N4O. The molecule has 5 nitrogen and oxygen atoms in total. The zero-order valence-electron chi connectivity index (χ0n) is 60.2. The van der Waals surface area contributed by atoms with Crippen LogP contribution in [-0.4, -0.2) is 14.1 Å². The predicted octanol–water partition coefficient (Wildman–Crippen LogP) is 16.2. The largest absolute Gasteiger partial charge is 0.458 e. The summed E-state index contributed by atoms with van der Waals surface area (Å²) in [6.07, 6.45) is 3.69. The molecule has 0 bridgehead atoms. The Balaban J connectivity index is 1.15. The van der Waals surface area contributed by atoms with Crippen molar-refractivity contribution in [3.05, 3.63) is 223 Å². The molecule has 0 unspecified atom stereocenters. The lowest BCUT2D eigenvalue weighted by Crippen LogP contribution is -2.31. The molecule has 0 atom stereocenters. The molecule has 342 valence electrons. The second-order valence-electron chi connectivity index (χ2n) is 18.7. The van der Waals surface area contributed by atoms with E-state index in [0.717, 1.165) is 33.4 Å². The standard InChI is InChI=1S/C65H56N4O/c1-63(2,3)46-34-35-66-60(38-46)69-56-29-15-14-26-51(56)52-33-32-49(40-59(52)69)70-48-25-18-24-47(39-48)67-42-68(58-31-17-16-30-57(58)67)62-53(43-20-10-8-11-21-43)36-45(37-54(62)44-22-12-9-13-23-44)50-27-19-28-55-61(50)65(6,7)41-64(55,4)5/h8-40H,41H2,1-7H3/i4D3,5D3,6D3,7D3,8D,9D,10D,11D,12D,13D,20D,21D,22D,23D. The highest BCUT2D eigenvalue weighted by atomic mass is 16.5. The highest BCUT2D eigenvalue weighted by Crippen LogP contribution is 2.53. The zero-order chi connectivity index (χ0) is 66.6. The molecule has 11 aromatic rings. The molecule has 0 aliphatic heterocycles. The number of benzene rings is 8. The topological polar surface area (TPSA) is 35.9 Å². The second-order valence-corrected chi connectivity index (χ2v) is 18.7. The van der Waals surface area contributed by atoms with Gasteiger partial charge in [0, 0.05) is 39.5 Å². The molecule has 0 saturated carbocycles. The first kappa shape index (κ1) is 25.5. The monoisotopic (exact) mass is 931 g/mol. The Morgan fingerprint density at radius 3 is 2.01 bits per heavy atom. The molecular weight excluding hydrogens is 853 g/mol. The van der Waals surface area contributed by atoms with Gasteiger partial charge in [0.15, 0.2) is 0 Å². The Hall–Kier alpha value is -8.02. The summed E-state index contributed by atoms with van der Waals surface area (Å²) in [5.74, 6) is 1.54. The molecule has 12 rings (SSSR count). The van der Waals surface area contributed by atoms with Gasteiger partial charge in [0.1, 0.15) is 17.3 Å². The Morgan fingerprint density at radius 2 is 1.29 bits per heavy atom. The van der Waals surface area contributed by atoms with Gasteiger partial charge >= 0.3 is 0 Å². The van der Waals surface area contributed by atoms with Gasteiger partial charge < -0.3 is 4.74 Å². The van der Waals surface area contributed by atoms with Gasteiger partial charge in [-0.25, -0.2) is 4.98 Å². The van der Waals surface area contributed by atoms with E-state index in [1.807, 2.05) is 48.5 Å². The van der Waals surface area contributed by atoms with Crippen LogP contribution in [0.1, 0.15) is 101 Å². The van der Waals surface area contributed by atoms with Crippen LogP contribution >= 0.6 is 0 Å². The molecule has 0 amide bonds. The van der Waals surface area contributed by atoms with E-state index in [4.69, 9.17) is 34.4 Å². The van der Waals surface area contributed by atoms with Gasteiger partial charge in [-0.05, 0) is 133 Å². The number of ether oxygens (including phenoxy) is 1. The second kappa shape index (κ2) is 16.3. The highest BCUT2D eigenvalue weighted by Gasteiger charge is 2.43. The summed E-state index contributed by atoms with van der Waals surface area (Å²) >= 11 is 0. The molecule has 0 N–H and O–H groups in total. The van der Waals surface area contributed by atoms with E-state index in [1.165, 1.54) is 28.8 Å². The maximum atomic E-state index is 9.53. The number of rotatable bonds is 8. The molecule has 0 saturated heterocycles. The van der Waals surface area contributed by atoms with Crippen LogP contribution in [0.15, 0.2) is 200 Å². The van der Waals surface area contributed by atoms with E-state index in [-0.39, 0.29) is 38.9 Å². The van der Waals surface area contributed by atoms with Gasteiger partial charge in [-0.2, -0.15) is 0 Å². The van der Waals surface area contributed by atoms with Crippen molar-refractivity contribution in [1.29, 1.82) is 0 Å². The van der Waals surface area contributed by atoms with Crippen molar-refractivity contribution >= 4 is 32.8 Å². The fourth-order valence-electron chi connectivity index (χ4n) is 9.88. The first-order valence-corrected chi connectivity index (χ1v) is 22.7. The molecule has 70 heavy (non-hydrogen) atoms. The summed E-state index contributed by atoms with van der Waals surface area (Å²) in [4.78, 5) is 4.82. The van der Waals surface area contributed by atoms with Gasteiger partial charge in [0.05, 0.1) is 47.1 Å². The number of pyridine rings is 1. The number of hydrogen-bond donors (Lipinski definition) is 0. The maximum Gasteiger partial charge on any atom is 0.269 e. The van der Waals surface area contributed by atoms with Crippen molar-refractivity contribution in [3.8, 4) is 62.1 Å². The van der Waals surface area contributed by atoms with Gasteiger partial charge in [-0.3, -0.25) is 13.7 Å². The third-order valence-electron chi connectivity index (χ3n) is 13.0. The minimum absolute atomic E-state index is 0.168. The van der Waals surface area contributed by atoms with E-state index in [0.29, 0.717) is 28.5 Å². The molecule has 3 aromatic heterocycles. The van der Waals surface area contributed by atoms with Gasteiger partial charge in [-0.15, -0.1) is 0 Å². The normalized spacial score (nSPS) is 19.4. The van der Waals surface area contributed by atoms with E-state index in [2.05, 4.69) is 37.7 Å². The maximum absolute atomic E-state index is 9.53. The number of imidazole rings is 1. The fraction of sp³-hybridized carbons (Fsp3) is 0.169. The highest BCUT2D eigenvalue weighted by molar-refractivity contribution is 6.09. The fourth-order valence-corrected chi connectivity index (χ4v) is 9.88. The van der Waals surface area contributed by atoms with Gasteiger partial charge in [0.25, 0.3) is 6.33 Å². The third-order valence-corrected chi connectivity index (χ3v) is 13.0. The van der Waals surface area contributed by atoms with Crippen molar-refractivity contribution in [2.75, 3.05) is 0 Å². The summed E-state index contributed by atoms with van der Waals surface area (Å²) in [7, 11) is 0. The predicted molar refractivity (Wildman–Crippen MR) is 288 cm³/mol. The summed E-state index contributed by atoms with van der Waals surface area (Å²) in [6.45, 7) is -8.16. The summed E-state index contributed by atoms with van der Waals surface area (Å²) in [5.41, 5.74) is -6.61. The zero-order valence-corrected chi connectivity index (χ0v) is 38.2. The number of nitrogens with zero attached hydrogens (tertiary/aromatic N) is 4. The Kier molecular flexibility index (Phi) is 5.95. The molecule has 1 aliphatic carbocycles. The van der Waals surface area contributed by atoms with E-state index in [9.17, 15) is 5.48 Å². The first-order chi connectivity index (χ1) is 43.0. The van der Waals surface area contributed by atoms with Crippen LogP contribution in [0.3, 0.4) is 0 Å². The van der Waals surface area contributed by atoms with Crippen LogP contribution in [-0.2, 0) is 16.2 Å². The number of fused-ring (bicyclic) bond motifs is 5. The van der Waals surface area contributed by atoms with Crippen molar-refractivity contribution in [1.82, 2.24) is 14.1 Å². The minimum atomic E-state index is -3.69. The quantitative estimate of drug-likeness (QED) is 0.112. The average molecular weight is 931 g/mol. The molecule has 0 fully saturated rings. The lowest BCUT2D eigenvalue weighted by Gasteiger charge is -2.25. The van der Waals surface area contributed by atoms with Gasteiger partial charge in [0.2, 0.25) is 0 Å².